The van der Waals surface area contributed by atoms with Crippen molar-refractivity contribution in [3.63, 3.8) is 0 Å². The van der Waals surface area contributed by atoms with E-state index in [0.29, 0.717) is 24.0 Å². The minimum Gasteiger partial charge on any atom is -0.464 e. The number of allylic oxidation sites excluding steroid dienone is 2. The minimum absolute atomic E-state index is 0.0173. The maximum absolute atomic E-state index is 12.4. The van der Waals surface area contributed by atoms with Crippen LogP contribution < -0.4 is 0 Å². The number of rotatable bonds is 6. The molecule has 0 radical (unpaired) electrons. The summed E-state index contributed by atoms with van der Waals surface area (Å²) in [6, 6.07) is 6.53. The third-order valence-corrected chi connectivity index (χ3v) is 5.59. The Morgan fingerprint density at radius 3 is 1.97 bits per heavy atom. The largest absolute Gasteiger partial charge is 0.464 e. The number of amides is 4. The fourth-order valence-electron chi connectivity index (χ4n) is 4.06. The highest BCUT2D eigenvalue weighted by atomic mass is 16.5. The number of esters is 1. The van der Waals surface area contributed by atoms with Gasteiger partial charge < -0.3 is 4.74 Å². The van der Waals surface area contributed by atoms with Crippen LogP contribution in [0.2, 0.25) is 0 Å². The molecule has 0 N–H and O–H groups in total. The number of ether oxygens (including phenoxy) is 1. The lowest BCUT2D eigenvalue weighted by atomic mass is 9.85. The quantitative estimate of drug-likeness (QED) is 0.406. The van der Waals surface area contributed by atoms with Gasteiger partial charge >= 0.3 is 5.97 Å². The molecule has 0 bridgehead atoms. The zero-order valence-corrected chi connectivity index (χ0v) is 15.7. The summed E-state index contributed by atoms with van der Waals surface area (Å²) in [5.41, 5.74) is 0.677. The van der Waals surface area contributed by atoms with Crippen molar-refractivity contribution in [2.24, 2.45) is 11.8 Å². The van der Waals surface area contributed by atoms with Gasteiger partial charge in [0, 0.05) is 6.54 Å². The normalized spacial score (nSPS) is 22.9. The van der Waals surface area contributed by atoms with Crippen molar-refractivity contribution in [2.45, 2.75) is 19.3 Å². The number of fused-ring (bicyclic) bond motifs is 2. The van der Waals surface area contributed by atoms with E-state index in [9.17, 15) is 24.0 Å². The fourth-order valence-corrected chi connectivity index (χ4v) is 4.06. The first-order valence-electron chi connectivity index (χ1n) is 9.60. The molecular formula is C21H20N2O6. The van der Waals surface area contributed by atoms with E-state index in [4.69, 9.17) is 4.74 Å². The molecule has 0 spiro atoms. The maximum atomic E-state index is 12.4. The van der Waals surface area contributed by atoms with Gasteiger partial charge in [0.2, 0.25) is 11.8 Å². The molecule has 1 saturated heterocycles. The summed E-state index contributed by atoms with van der Waals surface area (Å²) in [5, 5.41) is 0. The third kappa shape index (κ3) is 3.35. The number of benzene rings is 1. The van der Waals surface area contributed by atoms with Crippen LogP contribution in [0, 0.1) is 11.8 Å². The van der Waals surface area contributed by atoms with Gasteiger partial charge in [-0.3, -0.25) is 33.8 Å². The van der Waals surface area contributed by atoms with Gasteiger partial charge in [0.25, 0.3) is 11.8 Å². The van der Waals surface area contributed by atoms with Crippen LogP contribution in [-0.2, 0) is 19.1 Å². The molecule has 150 valence electrons. The van der Waals surface area contributed by atoms with E-state index in [1.807, 2.05) is 12.2 Å². The molecule has 2 aliphatic heterocycles. The number of likely N-dealkylation sites (tertiary alicyclic amines) is 1. The maximum Gasteiger partial charge on any atom is 0.307 e. The summed E-state index contributed by atoms with van der Waals surface area (Å²) >= 11 is 0. The molecule has 0 unspecified atom stereocenters. The molecule has 4 amide bonds. The molecule has 8 nitrogen and oxygen atoms in total. The Morgan fingerprint density at radius 1 is 0.862 bits per heavy atom. The van der Waals surface area contributed by atoms with Crippen molar-refractivity contribution in [1.29, 1.82) is 0 Å². The molecule has 1 fully saturated rings. The molecule has 1 aromatic rings. The zero-order valence-electron chi connectivity index (χ0n) is 15.7. The summed E-state index contributed by atoms with van der Waals surface area (Å²) < 4.78 is 5.10. The van der Waals surface area contributed by atoms with Crippen molar-refractivity contribution < 1.29 is 28.7 Å². The Hall–Kier alpha value is -3.29. The fraction of sp³-hybridized carbons (Fsp3) is 0.381. The second-order valence-corrected chi connectivity index (χ2v) is 7.26. The third-order valence-electron chi connectivity index (χ3n) is 5.59. The van der Waals surface area contributed by atoms with Crippen molar-refractivity contribution >= 4 is 29.6 Å². The van der Waals surface area contributed by atoms with Gasteiger partial charge in [-0.25, -0.2) is 0 Å². The molecule has 1 aromatic carbocycles. The van der Waals surface area contributed by atoms with Gasteiger partial charge in [0.1, 0.15) is 6.61 Å². The second-order valence-electron chi connectivity index (χ2n) is 7.26. The minimum atomic E-state index is -0.588. The average molecular weight is 396 g/mol. The lowest BCUT2D eigenvalue weighted by Crippen LogP contribution is -2.35. The van der Waals surface area contributed by atoms with Crippen LogP contribution in [0.25, 0.3) is 0 Å². The van der Waals surface area contributed by atoms with Gasteiger partial charge in [-0.2, -0.15) is 0 Å². The van der Waals surface area contributed by atoms with Crippen LogP contribution in [0.3, 0.4) is 0 Å². The Morgan fingerprint density at radius 2 is 1.41 bits per heavy atom. The van der Waals surface area contributed by atoms with Crippen LogP contribution in [0.4, 0.5) is 0 Å². The summed E-state index contributed by atoms with van der Waals surface area (Å²) in [6.45, 7) is -0.201. The predicted octanol–water partition coefficient (Wildman–Crippen LogP) is 1.17. The Kier molecular flexibility index (Phi) is 5.00. The van der Waals surface area contributed by atoms with Crippen molar-refractivity contribution in [2.75, 3.05) is 19.7 Å². The monoisotopic (exact) mass is 396 g/mol. The first-order valence-corrected chi connectivity index (χ1v) is 9.60. The van der Waals surface area contributed by atoms with E-state index in [-0.39, 0.29) is 49.8 Å². The van der Waals surface area contributed by atoms with E-state index in [2.05, 4.69) is 0 Å². The molecule has 3 aliphatic rings. The van der Waals surface area contributed by atoms with Gasteiger partial charge in [-0.05, 0) is 25.0 Å². The Balaban J connectivity index is 1.24. The van der Waals surface area contributed by atoms with Gasteiger partial charge in [-0.1, -0.05) is 24.3 Å². The average Bonchev–Trinajstić information content (AvgIpc) is 3.12. The molecule has 2 atom stereocenters. The lowest BCUT2D eigenvalue weighted by Gasteiger charge is -2.15. The van der Waals surface area contributed by atoms with E-state index >= 15 is 0 Å². The van der Waals surface area contributed by atoms with E-state index < -0.39 is 17.8 Å². The molecule has 0 saturated carbocycles. The molecule has 1 aliphatic carbocycles. The highest BCUT2D eigenvalue weighted by Crippen LogP contribution is 2.35. The van der Waals surface area contributed by atoms with Gasteiger partial charge in [-0.15, -0.1) is 0 Å². The summed E-state index contributed by atoms with van der Waals surface area (Å²) in [6.07, 6.45) is 4.80. The number of hydrogen-bond acceptors (Lipinski definition) is 6. The van der Waals surface area contributed by atoms with Gasteiger partial charge in [0.15, 0.2) is 0 Å². The number of carbonyl (C=O) groups excluding carboxylic acids is 5. The molecule has 29 heavy (non-hydrogen) atoms. The lowest BCUT2D eigenvalue weighted by molar-refractivity contribution is -0.146. The van der Waals surface area contributed by atoms with Crippen LogP contribution in [-0.4, -0.2) is 59.1 Å². The topological polar surface area (TPSA) is 101 Å². The first-order chi connectivity index (χ1) is 14.0. The SMILES string of the molecule is O=C(CCN1C(=O)[C@H]2CC=CC[C@H]2C1=O)OCCN1C(=O)c2ccccc2C1=O. The molecule has 4 rings (SSSR count). The second kappa shape index (κ2) is 7.62. The summed E-state index contributed by atoms with van der Waals surface area (Å²) in [7, 11) is 0. The number of carbonyl (C=O) groups is 5. The smallest absolute Gasteiger partial charge is 0.307 e. The first kappa shape index (κ1) is 19.0. The zero-order chi connectivity index (χ0) is 20.5. The van der Waals surface area contributed by atoms with Crippen LogP contribution in [0.1, 0.15) is 40.0 Å². The highest BCUT2D eigenvalue weighted by molar-refractivity contribution is 6.21. The number of hydrogen-bond donors (Lipinski definition) is 0. The highest BCUT2D eigenvalue weighted by Gasteiger charge is 2.47. The number of nitrogens with zero attached hydrogens (tertiary/aromatic N) is 2. The van der Waals surface area contributed by atoms with Crippen LogP contribution in [0.5, 0.6) is 0 Å². The summed E-state index contributed by atoms with van der Waals surface area (Å²) in [4.78, 5) is 63.5. The van der Waals surface area contributed by atoms with Crippen molar-refractivity contribution in [3.05, 3.63) is 47.5 Å². The van der Waals surface area contributed by atoms with E-state index in [1.165, 1.54) is 0 Å². The molecule has 0 aromatic heterocycles. The van der Waals surface area contributed by atoms with Crippen LogP contribution >= 0.6 is 0 Å². The van der Waals surface area contributed by atoms with Crippen molar-refractivity contribution in [3.8, 4) is 0 Å². The Labute approximate surface area is 167 Å². The predicted molar refractivity (Wildman–Crippen MR) is 99.5 cm³/mol. The Bertz CT molecular complexity index is 876. The molecule has 8 heteroatoms. The van der Waals surface area contributed by atoms with E-state index in [0.717, 1.165) is 9.80 Å². The van der Waals surface area contributed by atoms with Gasteiger partial charge in [0.05, 0.1) is 35.9 Å². The molecular weight excluding hydrogens is 376 g/mol. The number of imide groups is 2. The standard InChI is InChI=1S/C21H20N2O6/c24-17(9-10-22-18(25)13-5-1-2-6-14(13)19(22)26)29-12-11-23-20(27)15-7-3-4-8-16(15)21(23)28/h1-4,7-8,13-14H,5-6,9-12H2/t13-,14+. The van der Waals surface area contributed by atoms with Crippen molar-refractivity contribution in [1.82, 2.24) is 9.80 Å². The van der Waals surface area contributed by atoms with Crippen LogP contribution in [0.15, 0.2) is 36.4 Å². The van der Waals surface area contributed by atoms with E-state index in [1.54, 1.807) is 24.3 Å². The summed E-state index contributed by atoms with van der Waals surface area (Å²) in [5.74, 6) is -2.52. The molecule has 2 heterocycles.